The van der Waals surface area contributed by atoms with Gasteiger partial charge in [-0.3, -0.25) is 70.9 Å². The molecule has 0 unspecified atom stereocenters. The minimum Gasteiger partial charge on any atom is -0.387 e. The number of hydrogen-bond donors (Lipinski definition) is 7. The van der Waals surface area contributed by atoms with Crippen molar-refractivity contribution >= 4 is 144 Å². The topological polar surface area (TPSA) is 350 Å². The van der Waals surface area contributed by atoms with Gasteiger partial charge in [0.1, 0.15) is 46.6 Å². The van der Waals surface area contributed by atoms with E-state index in [1.165, 1.54) is 54.3 Å². The van der Waals surface area contributed by atoms with Crippen LogP contribution in [0.3, 0.4) is 0 Å². The van der Waals surface area contributed by atoms with E-state index in [2.05, 4.69) is 99.4 Å². The van der Waals surface area contributed by atoms with Crippen LogP contribution in [0.15, 0.2) is 153 Å². The Bertz CT molecular complexity index is 6710. The van der Waals surface area contributed by atoms with E-state index in [0.717, 1.165) is 141 Å². The molecular formula is C93H118BrClN24O7. The highest BCUT2D eigenvalue weighted by atomic mass is 79.9. The van der Waals surface area contributed by atoms with E-state index in [-0.39, 0.29) is 38.9 Å². The molecule has 1 aliphatic heterocycles. The Hall–Kier alpha value is -12.5. The summed E-state index contributed by atoms with van der Waals surface area (Å²) in [6.07, 6.45) is 7.75. The number of amidine groups is 1. The first kappa shape index (κ1) is 95.7. The molecule has 0 atom stereocenters. The number of halogens is 2. The number of piperidine rings is 1. The first-order valence-electron chi connectivity index (χ1n) is 42.1. The average molecular weight is 1800 g/mol. The third-order valence-electron chi connectivity index (χ3n) is 22.5. The summed E-state index contributed by atoms with van der Waals surface area (Å²) < 4.78 is 11.8. The molecule has 7 aromatic carbocycles. The summed E-state index contributed by atoms with van der Waals surface area (Å²) in [7, 11) is 23.4. The molecule has 0 amide bonds. The third kappa shape index (κ3) is 23.5. The molecule has 33 heteroatoms. The number of likely N-dealkylation sites (tertiary alicyclic amines) is 1. The lowest BCUT2D eigenvalue weighted by molar-refractivity contribution is 0.237. The van der Waals surface area contributed by atoms with Crippen LogP contribution in [0.5, 0.6) is 0 Å². The van der Waals surface area contributed by atoms with Gasteiger partial charge in [-0.2, -0.15) is 0 Å². The van der Waals surface area contributed by atoms with Crippen LogP contribution in [-0.2, 0) is 49.3 Å². The van der Waals surface area contributed by atoms with Crippen molar-refractivity contribution in [3.8, 4) is 0 Å². The summed E-state index contributed by atoms with van der Waals surface area (Å²) in [5.41, 5.74) is 11.5. The van der Waals surface area contributed by atoms with E-state index in [0.29, 0.717) is 82.6 Å². The van der Waals surface area contributed by atoms with Gasteiger partial charge in [-0.05, 0) is 239 Å². The highest BCUT2D eigenvalue weighted by molar-refractivity contribution is 9.10. The van der Waals surface area contributed by atoms with Crippen LogP contribution >= 0.6 is 27.5 Å². The molecule has 0 spiro atoms. The van der Waals surface area contributed by atoms with Crippen molar-refractivity contribution in [2.45, 2.75) is 93.9 Å². The molecule has 0 bridgehead atoms. The summed E-state index contributed by atoms with van der Waals surface area (Å²) in [6.45, 7) is 23.1. The molecule has 2 aliphatic rings. The molecule has 1 saturated heterocycles. The number of hydrogen-bond acceptors (Lipinski definition) is 23. The molecule has 31 nitrogen and oxygen atoms in total. The molecule has 7 aromatic heterocycles. The maximum atomic E-state index is 12.2. The lowest BCUT2D eigenvalue weighted by Gasteiger charge is -2.26. The molecule has 666 valence electrons. The molecule has 14 aromatic rings. The summed E-state index contributed by atoms with van der Waals surface area (Å²) in [5, 5.41) is 32.4. The minimum absolute atomic E-state index is 0.00217. The van der Waals surface area contributed by atoms with Crippen molar-refractivity contribution < 1.29 is 0 Å². The summed E-state index contributed by atoms with van der Waals surface area (Å²) in [5.74, 6) is 6.23. The van der Waals surface area contributed by atoms with Crippen molar-refractivity contribution in [3.63, 3.8) is 0 Å². The van der Waals surface area contributed by atoms with Gasteiger partial charge in [-0.15, -0.1) is 0 Å². The van der Waals surface area contributed by atoms with Crippen LogP contribution in [0.2, 0.25) is 5.02 Å². The van der Waals surface area contributed by atoms with Gasteiger partial charge < -0.3 is 46.6 Å². The van der Waals surface area contributed by atoms with Crippen molar-refractivity contribution in [1.82, 2.24) is 81.6 Å². The van der Waals surface area contributed by atoms with E-state index >= 15 is 0 Å². The second-order valence-corrected chi connectivity index (χ2v) is 33.3. The number of aromatic nitrogens is 14. The summed E-state index contributed by atoms with van der Waals surface area (Å²) >= 11 is 9.45. The van der Waals surface area contributed by atoms with Gasteiger partial charge in [0.25, 0.3) is 38.9 Å². The number of nitrogens with zero attached hydrogens (tertiary/aromatic N) is 17. The Kier molecular flexibility index (Phi) is 32.6. The smallest absolute Gasteiger partial charge is 0.261 e. The molecular weight excluding hydrogens is 1680 g/mol. The molecule has 1 saturated carbocycles. The largest absolute Gasteiger partial charge is 0.387 e. The fraction of sp³-hybridized carbons (Fsp3) is 0.387. The summed E-state index contributed by atoms with van der Waals surface area (Å²) in [6, 6.07) is 35.4. The number of benzene rings is 7. The Morgan fingerprint density at radius 2 is 0.730 bits per heavy atom. The van der Waals surface area contributed by atoms with E-state index in [1.807, 2.05) is 149 Å². The molecule has 8 heterocycles. The fourth-order valence-electron chi connectivity index (χ4n) is 13.8. The van der Waals surface area contributed by atoms with E-state index in [9.17, 15) is 33.6 Å². The Morgan fingerprint density at radius 1 is 0.413 bits per heavy atom. The van der Waals surface area contributed by atoms with Crippen molar-refractivity contribution in [2.24, 2.45) is 55.3 Å². The van der Waals surface area contributed by atoms with E-state index < -0.39 is 0 Å². The van der Waals surface area contributed by atoms with Gasteiger partial charge in [-0.25, -0.2) is 34.9 Å². The number of rotatable bonds is 17. The van der Waals surface area contributed by atoms with Crippen molar-refractivity contribution in [1.29, 1.82) is 5.41 Å². The summed E-state index contributed by atoms with van der Waals surface area (Å²) in [4.78, 5) is 122. The Balaban J connectivity index is 0.000000154. The molecule has 1 aliphatic carbocycles. The first-order chi connectivity index (χ1) is 59.9. The molecule has 0 radical (unpaired) electrons. The molecule has 7 N–H and O–H groups in total. The number of fused-ring (bicyclic) bond motifs is 7. The van der Waals surface area contributed by atoms with E-state index in [4.69, 9.17) is 17.0 Å². The van der Waals surface area contributed by atoms with Crippen LogP contribution in [0.4, 0.5) is 34.1 Å². The fourth-order valence-corrected chi connectivity index (χ4v) is 14.6. The number of aryl methyl sites for hydroxylation is 7. The van der Waals surface area contributed by atoms with Gasteiger partial charge in [0.2, 0.25) is 0 Å². The van der Waals surface area contributed by atoms with Gasteiger partial charge in [0.15, 0.2) is 0 Å². The van der Waals surface area contributed by atoms with Gasteiger partial charge in [-0.1, -0.05) is 31.0 Å². The number of nitrogens with one attached hydrogen (secondary N) is 7. The normalized spacial score (nSPS) is 12.3. The Morgan fingerprint density at radius 3 is 1.08 bits per heavy atom. The van der Waals surface area contributed by atoms with Gasteiger partial charge in [0.05, 0.1) is 92.7 Å². The third-order valence-corrected chi connectivity index (χ3v) is 23.5. The average Bonchev–Trinajstić information content (AvgIpc) is 1.01. The zero-order chi connectivity index (χ0) is 91.8. The molecule has 16 rings (SSSR count). The maximum Gasteiger partial charge on any atom is 0.261 e. The van der Waals surface area contributed by atoms with Crippen LogP contribution in [0, 0.1) is 59.8 Å². The highest BCUT2D eigenvalue weighted by Gasteiger charge is 2.21. The first-order valence-corrected chi connectivity index (χ1v) is 43.2. The maximum absolute atomic E-state index is 12.2. The van der Waals surface area contributed by atoms with Crippen LogP contribution in [0.25, 0.3) is 76.3 Å². The van der Waals surface area contributed by atoms with Crippen LogP contribution in [0.1, 0.15) is 91.8 Å². The highest BCUT2D eigenvalue weighted by Crippen LogP contribution is 2.31. The van der Waals surface area contributed by atoms with E-state index in [1.54, 1.807) is 134 Å². The zero-order valence-electron chi connectivity index (χ0n) is 76.2. The zero-order valence-corrected chi connectivity index (χ0v) is 78.5. The standard InChI is InChI=1S/C17H24N4O.C14H20N4O.C14H17N3O.C13H16N4O.C13H17N3O.C11H12BrN3O.C11H12ClN3O/c1-13-19-16-12-14(6-7-15(16)17(22)20(13)2)18-8-11-21-9-4-3-5-10-21;1-10-16-13-9-11(15-7-8-17(2)3)5-6-12(13)14(19)18(10)4;1-9-16-13-7-11(15-8-10-3-4-10)5-6-12(13)14(18)17(9)2;1-8-15-11-7-9(12(14)16(2)3)5-6-10(11)13(18)17(8)4;1-4-7-14-10-5-6-11-12(8-10)15-9(2)16(3)13(11)17;2*1-6-14-9-5-10(13-2)8(12)4-7(9)11(16)15(6)3/h6-7,12,18H,3-5,8-11H2,1-2H3;5-6,9,15H,7-8H2,1-4H3;5-7,10,15H,3-4,8H2,1-2H3;5-7,14H,1-4H3;5-6,8,14H,4,7H2,1-3H3;2*4-5,13H,1-3H3. The molecule has 2 fully saturated rings. The van der Waals surface area contributed by atoms with Crippen LogP contribution < -0.4 is 70.8 Å². The van der Waals surface area contributed by atoms with Crippen molar-refractivity contribution in [3.05, 3.63) is 244 Å². The number of anilines is 6. The second kappa shape index (κ2) is 42.9. The lowest BCUT2D eigenvalue weighted by atomic mass is 10.1. The minimum atomic E-state index is -0.0768. The van der Waals surface area contributed by atoms with Gasteiger partial charge in [0, 0.05) is 150 Å². The van der Waals surface area contributed by atoms with Crippen LogP contribution in [-0.4, -0.2) is 182 Å². The lowest BCUT2D eigenvalue weighted by Crippen LogP contribution is -2.33. The SMILES string of the molecule is CCCNc1ccc2c(=O)n(C)c(C)nc2c1.CNc1cc2nc(C)n(C)c(=O)c2cc1Br.CNc1cc2nc(C)n(C)c(=O)c2cc1Cl.Cc1nc2cc(C(=N)N(C)C)ccc2c(=O)n1C.Cc1nc2cc(NCC3CC3)ccc2c(=O)n1C.Cc1nc2cc(NCCN(C)C)ccc2c(=O)n1C.Cc1nc2cc(NCCN3CCCCC3)ccc2c(=O)n1C. The predicted octanol–water partition coefficient (Wildman–Crippen LogP) is 12.6. The predicted molar refractivity (Wildman–Crippen MR) is 520 cm³/mol. The monoisotopic (exact) mass is 1800 g/mol. The van der Waals surface area contributed by atoms with Gasteiger partial charge >= 0.3 is 0 Å². The Labute approximate surface area is 745 Å². The quantitative estimate of drug-likeness (QED) is 0.0329. The second-order valence-electron chi connectivity index (χ2n) is 32.1. The number of likely N-dealkylation sites (N-methyl/N-ethyl adjacent to an activating group) is 1. The molecule has 126 heavy (non-hydrogen) atoms. The van der Waals surface area contributed by atoms with Crippen molar-refractivity contribution in [2.75, 3.05) is 127 Å².